The van der Waals surface area contributed by atoms with Gasteiger partial charge in [0, 0.05) is 26.0 Å². The van der Waals surface area contributed by atoms with Gasteiger partial charge < -0.3 is 15.2 Å². The molecule has 3 rings (SSSR count). The van der Waals surface area contributed by atoms with Crippen LogP contribution in [0.2, 0.25) is 0 Å². The highest BCUT2D eigenvalue weighted by Crippen LogP contribution is 2.28. The van der Waals surface area contributed by atoms with E-state index in [0.717, 1.165) is 0 Å². The second-order valence-electron chi connectivity index (χ2n) is 7.12. The first-order chi connectivity index (χ1) is 14.7. The van der Waals surface area contributed by atoms with Crippen molar-refractivity contribution in [3.05, 3.63) is 63.6 Å². The molecule has 2 aromatic heterocycles. The van der Waals surface area contributed by atoms with Gasteiger partial charge in [-0.3, -0.25) is 14.9 Å². The summed E-state index contributed by atoms with van der Waals surface area (Å²) in [5.41, 5.74) is 1.05. The number of rotatable bonds is 8. The van der Waals surface area contributed by atoms with Gasteiger partial charge in [0.15, 0.2) is 0 Å². The monoisotopic (exact) mass is 429 g/mol. The zero-order chi connectivity index (χ0) is 22.7. The number of anilines is 1. The summed E-state index contributed by atoms with van der Waals surface area (Å²) in [7, 11) is 1.57. The highest BCUT2D eigenvalue weighted by molar-refractivity contribution is 5.85. The van der Waals surface area contributed by atoms with E-state index in [9.17, 15) is 19.3 Å². The Labute approximate surface area is 178 Å². The molecule has 2 heterocycles. The van der Waals surface area contributed by atoms with Crippen molar-refractivity contribution in [3.63, 3.8) is 0 Å². The van der Waals surface area contributed by atoms with Gasteiger partial charge in [0.05, 0.1) is 10.6 Å². The van der Waals surface area contributed by atoms with E-state index < -0.39 is 16.8 Å². The molecule has 31 heavy (non-hydrogen) atoms. The fraction of sp³-hybridized carbons (Fsp3) is 0.350. The molecule has 0 fully saturated rings. The number of halogens is 1. The third-order valence-corrected chi connectivity index (χ3v) is 4.97. The maximum absolute atomic E-state index is 14.5. The number of amides is 1. The van der Waals surface area contributed by atoms with Gasteiger partial charge in [0.1, 0.15) is 23.4 Å². The minimum absolute atomic E-state index is 0.115. The molecule has 0 radical (unpaired) electrons. The lowest BCUT2D eigenvalue weighted by Gasteiger charge is -2.18. The van der Waals surface area contributed by atoms with Gasteiger partial charge in [-0.25, -0.2) is 14.1 Å². The molecule has 1 aromatic carbocycles. The summed E-state index contributed by atoms with van der Waals surface area (Å²) >= 11 is 0. The molecule has 11 heteroatoms. The molecule has 0 aliphatic heterocycles. The van der Waals surface area contributed by atoms with Crippen molar-refractivity contribution in [1.82, 2.24) is 24.6 Å². The van der Waals surface area contributed by atoms with Gasteiger partial charge >= 0.3 is 5.69 Å². The normalized spacial score (nSPS) is 11.9. The smallest absolute Gasteiger partial charge is 0.333 e. The number of nitrogens with zero attached hydrogens (tertiary/aromatic N) is 5. The lowest BCUT2D eigenvalue weighted by molar-refractivity contribution is -0.384. The van der Waals surface area contributed by atoms with Crippen LogP contribution >= 0.6 is 0 Å². The Morgan fingerprint density at radius 1 is 1.35 bits per heavy atom. The molecule has 1 amide bonds. The van der Waals surface area contributed by atoms with Crippen LogP contribution in [0.1, 0.15) is 30.4 Å². The van der Waals surface area contributed by atoms with Gasteiger partial charge in [-0.2, -0.15) is 5.10 Å². The Bertz CT molecular complexity index is 1120. The summed E-state index contributed by atoms with van der Waals surface area (Å²) < 4.78 is 17.5. The predicted molar refractivity (Wildman–Crippen MR) is 112 cm³/mol. The molecule has 0 aliphatic rings. The first-order valence-corrected chi connectivity index (χ1v) is 9.73. The highest BCUT2D eigenvalue weighted by atomic mass is 19.1. The van der Waals surface area contributed by atoms with Crippen molar-refractivity contribution in [3.8, 4) is 5.69 Å². The third-order valence-electron chi connectivity index (χ3n) is 4.97. The zero-order valence-electron chi connectivity index (χ0n) is 17.7. The molecule has 164 valence electrons. The Balaban J connectivity index is 1.69. The van der Waals surface area contributed by atoms with Crippen LogP contribution < -0.4 is 10.6 Å². The molecule has 0 saturated heterocycles. The number of imidazole rings is 1. The van der Waals surface area contributed by atoms with Gasteiger partial charge in [0.2, 0.25) is 11.7 Å². The summed E-state index contributed by atoms with van der Waals surface area (Å²) in [5.74, 6) is 0.0384. The maximum Gasteiger partial charge on any atom is 0.333 e. The van der Waals surface area contributed by atoms with Crippen LogP contribution in [0.15, 0.2) is 30.6 Å². The Morgan fingerprint density at radius 3 is 2.68 bits per heavy atom. The van der Waals surface area contributed by atoms with Crippen molar-refractivity contribution in [2.24, 2.45) is 7.05 Å². The van der Waals surface area contributed by atoms with Crippen molar-refractivity contribution >= 4 is 17.4 Å². The Hall–Kier alpha value is -3.76. The molecule has 1 unspecified atom stereocenters. The van der Waals surface area contributed by atoms with Gasteiger partial charge in [-0.15, -0.1) is 0 Å². The molecule has 0 bridgehead atoms. The lowest BCUT2D eigenvalue weighted by atomic mass is 10.1. The van der Waals surface area contributed by atoms with Gasteiger partial charge in [-0.1, -0.05) is 13.0 Å². The molecule has 3 aromatic rings. The second kappa shape index (κ2) is 8.94. The lowest BCUT2D eigenvalue weighted by Crippen LogP contribution is -2.39. The minimum atomic E-state index is -0.716. The van der Waals surface area contributed by atoms with Crippen molar-refractivity contribution in [1.29, 1.82) is 0 Å². The van der Waals surface area contributed by atoms with E-state index in [1.165, 1.54) is 17.7 Å². The van der Waals surface area contributed by atoms with Crippen LogP contribution in [0.25, 0.3) is 5.69 Å². The Kier molecular flexibility index (Phi) is 6.33. The largest absolute Gasteiger partial charge is 0.353 e. The number of carbonyl (C=O) groups excluding carboxylic acids is 1. The second-order valence-corrected chi connectivity index (χ2v) is 7.12. The van der Waals surface area contributed by atoms with E-state index in [1.54, 1.807) is 50.0 Å². The SMILES string of the molecule is CCC(Nc1c([N+](=O)[O-])c(C)nn1C)C(=O)NCc1ccc(-n2ccnc2C)c(F)c1. The maximum atomic E-state index is 14.5. The summed E-state index contributed by atoms with van der Waals surface area (Å²) in [6, 6.07) is 4.00. The molecule has 0 saturated carbocycles. The molecule has 0 spiro atoms. The summed E-state index contributed by atoms with van der Waals surface area (Å²) in [4.78, 5) is 27.6. The van der Waals surface area contributed by atoms with Crippen LogP contribution in [0.5, 0.6) is 0 Å². The molecular formula is C20H24FN7O3. The molecular weight excluding hydrogens is 405 g/mol. The number of nitrogens with one attached hydrogen (secondary N) is 2. The Morgan fingerprint density at radius 2 is 2.10 bits per heavy atom. The summed E-state index contributed by atoms with van der Waals surface area (Å²) in [6.45, 7) is 5.21. The van der Waals surface area contributed by atoms with Crippen molar-refractivity contribution in [2.75, 3.05) is 5.32 Å². The van der Waals surface area contributed by atoms with Crippen LogP contribution in [0, 0.1) is 29.8 Å². The van der Waals surface area contributed by atoms with E-state index in [2.05, 4.69) is 20.7 Å². The summed E-state index contributed by atoms with van der Waals surface area (Å²) in [6.07, 6.45) is 3.65. The highest BCUT2D eigenvalue weighted by Gasteiger charge is 2.27. The molecule has 2 N–H and O–H groups in total. The number of hydrogen-bond acceptors (Lipinski definition) is 6. The van der Waals surface area contributed by atoms with Gasteiger partial charge in [-0.05, 0) is 38.0 Å². The molecule has 10 nitrogen and oxygen atoms in total. The molecule has 0 aliphatic carbocycles. The van der Waals surface area contributed by atoms with Gasteiger partial charge in [0.25, 0.3) is 0 Å². The predicted octanol–water partition coefficient (Wildman–Crippen LogP) is 2.78. The van der Waals surface area contributed by atoms with Crippen LogP contribution in [-0.4, -0.2) is 36.2 Å². The fourth-order valence-electron chi connectivity index (χ4n) is 3.35. The van der Waals surface area contributed by atoms with E-state index in [1.807, 2.05) is 0 Å². The van der Waals surface area contributed by atoms with Crippen LogP contribution in [0.3, 0.4) is 0 Å². The van der Waals surface area contributed by atoms with E-state index >= 15 is 0 Å². The number of hydrogen-bond donors (Lipinski definition) is 2. The number of aryl methyl sites for hydroxylation is 3. The summed E-state index contributed by atoms with van der Waals surface area (Å²) in [5, 5.41) is 21.1. The number of nitro groups is 1. The van der Waals surface area contributed by atoms with Crippen molar-refractivity contribution < 1.29 is 14.1 Å². The van der Waals surface area contributed by atoms with E-state index in [0.29, 0.717) is 23.5 Å². The fourth-order valence-corrected chi connectivity index (χ4v) is 3.35. The average Bonchev–Trinajstić information content (AvgIpc) is 3.26. The average molecular weight is 429 g/mol. The first kappa shape index (κ1) is 21.9. The molecule has 1 atom stereocenters. The zero-order valence-corrected chi connectivity index (χ0v) is 17.7. The van der Waals surface area contributed by atoms with E-state index in [4.69, 9.17) is 0 Å². The first-order valence-electron chi connectivity index (χ1n) is 9.73. The number of benzene rings is 1. The van der Waals surface area contributed by atoms with Crippen LogP contribution in [0.4, 0.5) is 15.9 Å². The van der Waals surface area contributed by atoms with E-state index in [-0.39, 0.29) is 29.7 Å². The minimum Gasteiger partial charge on any atom is -0.353 e. The standard InChI is InChI=1S/C20H24FN7O3/c1-5-16(24-19-18(28(30)31)12(2)25-26(19)4)20(29)23-11-14-6-7-17(15(21)10-14)27-9-8-22-13(27)3/h6-10,16,24H,5,11H2,1-4H3,(H,23,29). The third kappa shape index (κ3) is 4.55. The number of aromatic nitrogens is 4. The number of carbonyl (C=O) groups is 1. The topological polar surface area (TPSA) is 120 Å². The van der Waals surface area contributed by atoms with Crippen molar-refractivity contribution in [2.45, 2.75) is 39.8 Å². The quantitative estimate of drug-likeness (QED) is 0.420. The van der Waals surface area contributed by atoms with Crippen LogP contribution in [-0.2, 0) is 18.4 Å².